The van der Waals surface area contributed by atoms with Gasteiger partial charge in [0.2, 0.25) is 0 Å². The monoisotopic (exact) mass is 548 g/mol. The van der Waals surface area contributed by atoms with E-state index in [2.05, 4.69) is 41.7 Å². The average molecular weight is 549 g/mol. The summed E-state index contributed by atoms with van der Waals surface area (Å²) >= 11 is 5.98. The summed E-state index contributed by atoms with van der Waals surface area (Å²) in [4.78, 5) is 17.4. The van der Waals surface area contributed by atoms with Crippen LogP contribution in [-0.2, 0) is 10.2 Å². The van der Waals surface area contributed by atoms with Crippen molar-refractivity contribution in [1.29, 1.82) is 0 Å². The van der Waals surface area contributed by atoms with Crippen LogP contribution in [0.3, 0.4) is 0 Å². The molecule has 2 amide bonds. The second-order valence-corrected chi connectivity index (χ2v) is 10.9. The van der Waals surface area contributed by atoms with Gasteiger partial charge < -0.3 is 20.1 Å². The lowest BCUT2D eigenvalue weighted by molar-refractivity contribution is 0.0160. The predicted octanol–water partition coefficient (Wildman–Crippen LogP) is 5.77. The highest BCUT2D eigenvalue weighted by atomic mass is 35.5. The minimum absolute atomic E-state index is 0.158. The zero-order valence-corrected chi connectivity index (χ0v) is 23.1. The number of hydrogen-bond donors (Lipinski definition) is 3. The molecular formula is C29H33ClN6O3. The fourth-order valence-corrected chi connectivity index (χ4v) is 4.52. The molecule has 0 spiro atoms. The van der Waals surface area contributed by atoms with Crippen LogP contribution >= 0.6 is 11.6 Å². The number of carbonyl (C=O) groups excluding carboxylic acids is 1. The Labute approximate surface area is 232 Å². The Morgan fingerprint density at radius 2 is 1.97 bits per heavy atom. The third kappa shape index (κ3) is 6.50. The normalized spacial score (nSPS) is 15.7. The summed E-state index contributed by atoms with van der Waals surface area (Å²) in [7, 11) is 0. The summed E-state index contributed by atoms with van der Waals surface area (Å²) < 4.78 is 13.5. The van der Waals surface area contributed by atoms with Crippen LogP contribution in [0, 0.1) is 0 Å². The largest absolute Gasteiger partial charge is 0.493 e. The molecule has 10 heteroatoms. The first-order valence-electron chi connectivity index (χ1n) is 13.1. The van der Waals surface area contributed by atoms with Crippen LogP contribution in [0.15, 0.2) is 60.8 Å². The summed E-state index contributed by atoms with van der Waals surface area (Å²) in [6, 6.07) is 16.6. The molecular weight excluding hydrogens is 516 g/mol. The third-order valence-electron chi connectivity index (χ3n) is 6.51. The fraction of sp³-hybridized carbons (Fsp3) is 0.345. The first-order valence-corrected chi connectivity index (χ1v) is 13.4. The van der Waals surface area contributed by atoms with E-state index in [0.29, 0.717) is 29.0 Å². The van der Waals surface area contributed by atoms with Gasteiger partial charge in [-0.25, -0.2) is 14.5 Å². The Morgan fingerprint density at radius 3 is 2.69 bits per heavy atom. The average Bonchev–Trinajstić information content (AvgIpc) is 3.35. The number of rotatable bonds is 7. The molecule has 3 N–H and O–H groups in total. The maximum absolute atomic E-state index is 13.2. The van der Waals surface area contributed by atoms with Crippen molar-refractivity contribution in [3.63, 3.8) is 0 Å². The van der Waals surface area contributed by atoms with E-state index >= 15 is 0 Å². The molecule has 1 aliphatic rings. The van der Waals surface area contributed by atoms with Crippen LogP contribution in [0.2, 0.25) is 5.15 Å². The smallest absolute Gasteiger partial charge is 0.324 e. The van der Waals surface area contributed by atoms with Gasteiger partial charge in [-0.2, -0.15) is 5.10 Å². The number of amides is 2. The van der Waals surface area contributed by atoms with Crippen molar-refractivity contribution in [2.24, 2.45) is 0 Å². The predicted molar refractivity (Wildman–Crippen MR) is 154 cm³/mol. The summed E-state index contributed by atoms with van der Waals surface area (Å²) in [6.07, 6.45) is 2.58. The number of nitrogens with zero attached hydrogens (tertiary/aromatic N) is 3. The second kappa shape index (κ2) is 11.6. The van der Waals surface area contributed by atoms with Gasteiger partial charge in [-0.3, -0.25) is 5.32 Å². The number of anilines is 2. The zero-order valence-electron chi connectivity index (χ0n) is 22.3. The van der Waals surface area contributed by atoms with E-state index in [0.717, 1.165) is 48.3 Å². The summed E-state index contributed by atoms with van der Waals surface area (Å²) in [6.45, 7) is 9.21. The van der Waals surface area contributed by atoms with Crippen LogP contribution in [0.5, 0.6) is 5.75 Å². The zero-order chi connectivity index (χ0) is 27.4. The van der Waals surface area contributed by atoms with Crippen molar-refractivity contribution in [1.82, 2.24) is 20.1 Å². The minimum atomic E-state index is -0.390. The van der Waals surface area contributed by atoms with Crippen molar-refractivity contribution in [2.45, 2.75) is 38.7 Å². The second-order valence-electron chi connectivity index (χ2n) is 10.5. The SMILES string of the molecule is CC(C)(C)c1cc(NC(=O)Nc2ccc(OCCC3CNCCO3)c3ccccc23)n(-c2ccc(Cl)nc2)n1. The number of urea groups is 1. The van der Waals surface area contributed by atoms with Gasteiger partial charge in [0.25, 0.3) is 0 Å². The Morgan fingerprint density at radius 1 is 1.15 bits per heavy atom. The quantitative estimate of drug-likeness (QED) is 0.253. The number of benzene rings is 2. The molecule has 0 radical (unpaired) electrons. The number of aromatic nitrogens is 3. The van der Waals surface area contributed by atoms with Crippen molar-refractivity contribution in [3.05, 3.63) is 71.6 Å². The summed E-state index contributed by atoms with van der Waals surface area (Å²) in [5.41, 5.74) is 1.97. The van der Waals surface area contributed by atoms with E-state index < -0.39 is 0 Å². The van der Waals surface area contributed by atoms with Gasteiger partial charge in [-0.15, -0.1) is 0 Å². The molecule has 204 valence electrons. The fourth-order valence-electron chi connectivity index (χ4n) is 4.41. The Bertz CT molecular complexity index is 1440. The standard InChI is InChI=1S/C29H33ClN6O3/c1-29(2,3)25-16-27(36(35-25)19-8-11-26(30)32-17-19)34-28(37)33-23-9-10-24(22-7-5-4-6-21(22)23)39-14-12-20-18-31-13-15-38-20/h4-11,16-17,20,31H,12-15,18H2,1-3H3,(H2,33,34,37). The molecule has 0 aliphatic carbocycles. The number of nitrogens with one attached hydrogen (secondary N) is 3. The third-order valence-corrected chi connectivity index (χ3v) is 6.73. The molecule has 2 aromatic carbocycles. The molecule has 4 aromatic rings. The number of pyridine rings is 1. The van der Waals surface area contributed by atoms with Gasteiger partial charge in [0.05, 0.1) is 42.6 Å². The highest BCUT2D eigenvalue weighted by Gasteiger charge is 2.22. The Kier molecular flexibility index (Phi) is 8.02. The van der Waals surface area contributed by atoms with E-state index in [4.69, 9.17) is 26.2 Å². The van der Waals surface area contributed by atoms with Crippen LogP contribution in [0.1, 0.15) is 32.9 Å². The highest BCUT2D eigenvalue weighted by molar-refractivity contribution is 6.29. The summed E-state index contributed by atoms with van der Waals surface area (Å²) in [5.74, 6) is 1.29. The van der Waals surface area contributed by atoms with Crippen LogP contribution in [0.4, 0.5) is 16.3 Å². The van der Waals surface area contributed by atoms with Gasteiger partial charge in [0.1, 0.15) is 16.7 Å². The molecule has 3 heterocycles. The maximum atomic E-state index is 13.2. The number of fused-ring (bicyclic) bond motifs is 1. The molecule has 9 nitrogen and oxygen atoms in total. The summed E-state index contributed by atoms with van der Waals surface area (Å²) in [5, 5.41) is 16.2. The lowest BCUT2D eigenvalue weighted by atomic mass is 9.92. The molecule has 1 saturated heterocycles. The van der Waals surface area contributed by atoms with E-state index in [9.17, 15) is 4.79 Å². The molecule has 0 bridgehead atoms. The van der Waals surface area contributed by atoms with Crippen molar-refractivity contribution in [2.75, 3.05) is 36.9 Å². The van der Waals surface area contributed by atoms with E-state index in [1.807, 2.05) is 42.5 Å². The molecule has 39 heavy (non-hydrogen) atoms. The number of ether oxygens (including phenoxy) is 2. The number of hydrogen-bond acceptors (Lipinski definition) is 6. The molecule has 1 atom stereocenters. The van der Waals surface area contributed by atoms with Crippen LogP contribution < -0.4 is 20.7 Å². The van der Waals surface area contributed by atoms with E-state index in [1.54, 1.807) is 23.0 Å². The van der Waals surface area contributed by atoms with Gasteiger partial charge in [-0.05, 0) is 24.3 Å². The highest BCUT2D eigenvalue weighted by Crippen LogP contribution is 2.32. The first-order chi connectivity index (χ1) is 18.8. The first kappa shape index (κ1) is 26.9. The minimum Gasteiger partial charge on any atom is -0.493 e. The maximum Gasteiger partial charge on any atom is 0.324 e. The molecule has 1 unspecified atom stereocenters. The topological polar surface area (TPSA) is 102 Å². The van der Waals surface area contributed by atoms with Crippen molar-refractivity contribution in [3.8, 4) is 11.4 Å². The Hall–Kier alpha value is -3.66. The molecule has 2 aromatic heterocycles. The van der Waals surface area contributed by atoms with E-state index in [1.165, 1.54) is 0 Å². The molecule has 1 fully saturated rings. The Balaban J connectivity index is 1.33. The van der Waals surface area contributed by atoms with Gasteiger partial charge >= 0.3 is 6.03 Å². The van der Waals surface area contributed by atoms with Crippen LogP contribution in [-0.4, -0.2) is 53.2 Å². The van der Waals surface area contributed by atoms with Crippen molar-refractivity contribution < 1.29 is 14.3 Å². The van der Waals surface area contributed by atoms with Gasteiger partial charge in [0.15, 0.2) is 0 Å². The number of morpholine rings is 1. The number of halogens is 1. The van der Waals surface area contributed by atoms with Crippen LogP contribution in [0.25, 0.3) is 16.5 Å². The molecule has 5 rings (SSSR count). The van der Waals surface area contributed by atoms with E-state index in [-0.39, 0.29) is 17.6 Å². The van der Waals surface area contributed by atoms with Gasteiger partial charge in [-0.1, -0.05) is 56.6 Å². The van der Waals surface area contributed by atoms with Gasteiger partial charge in [0, 0.05) is 41.8 Å². The lowest BCUT2D eigenvalue weighted by Crippen LogP contribution is -2.39. The molecule has 1 aliphatic heterocycles. The van der Waals surface area contributed by atoms with Crippen molar-refractivity contribution >= 4 is 39.9 Å². The number of carbonyl (C=O) groups is 1. The lowest BCUT2D eigenvalue weighted by Gasteiger charge is -2.23. The molecule has 0 saturated carbocycles.